The number of H-pyrrole nitrogens is 1. The van der Waals surface area contributed by atoms with Gasteiger partial charge in [0.2, 0.25) is 11.8 Å². The maximum atomic E-state index is 15.1. The Hall–Kier alpha value is -5.17. The molecule has 0 aliphatic heterocycles. The molecule has 5 rings (SSSR count). The van der Waals surface area contributed by atoms with E-state index in [9.17, 15) is 4.79 Å². The van der Waals surface area contributed by atoms with Gasteiger partial charge in [-0.15, -0.1) is 5.10 Å². The van der Waals surface area contributed by atoms with Gasteiger partial charge in [-0.2, -0.15) is 9.97 Å². The predicted octanol–water partition coefficient (Wildman–Crippen LogP) is 5.55. The first kappa shape index (κ1) is 29.3. The largest absolute Gasteiger partial charge is 0.497 e. The van der Waals surface area contributed by atoms with Gasteiger partial charge < -0.3 is 24.3 Å². The molecule has 220 valence electrons. The number of benzene rings is 3. The molecule has 3 aromatic carbocycles. The summed E-state index contributed by atoms with van der Waals surface area (Å²) in [5, 5.41) is 13.1. The lowest BCUT2D eigenvalue weighted by molar-refractivity contribution is 0.101. The molecule has 5 aromatic rings. The molecule has 0 unspecified atom stereocenters. The second-order valence-corrected chi connectivity index (χ2v) is 9.75. The molecule has 0 fully saturated rings. The zero-order valence-corrected chi connectivity index (χ0v) is 24.3. The van der Waals surface area contributed by atoms with Crippen molar-refractivity contribution in [3.05, 3.63) is 95.4 Å². The van der Waals surface area contributed by atoms with E-state index in [1.807, 2.05) is 24.3 Å². The summed E-state index contributed by atoms with van der Waals surface area (Å²) in [5.41, 5.74) is 2.43. The van der Waals surface area contributed by atoms with Gasteiger partial charge in [0, 0.05) is 11.8 Å². The van der Waals surface area contributed by atoms with Crippen LogP contribution in [0.5, 0.6) is 23.3 Å². The lowest BCUT2D eigenvalue weighted by atomic mass is 10.1. The average Bonchev–Trinajstić information content (AvgIpc) is 3.59. The molecule has 2 heterocycles. The van der Waals surface area contributed by atoms with Crippen LogP contribution in [0.15, 0.2) is 78.1 Å². The quantitative estimate of drug-likeness (QED) is 0.138. The van der Waals surface area contributed by atoms with E-state index in [1.165, 1.54) is 30.1 Å². The third kappa shape index (κ3) is 7.19. The number of carbonyl (C=O) groups is 1. The monoisotopic (exact) mass is 602 g/mol. The molecule has 0 spiro atoms. The highest BCUT2D eigenvalue weighted by atomic mass is 32.2. The van der Waals surface area contributed by atoms with Crippen LogP contribution in [0.3, 0.4) is 0 Å². The van der Waals surface area contributed by atoms with Gasteiger partial charge in [0.1, 0.15) is 36.2 Å². The minimum Gasteiger partial charge on any atom is -0.497 e. The van der Waals surface area contributed by atoms with Crippen LogP contribution in [-0.2, 0) is 13.2 Å². The Kier molecular flexibility index (Phi) is 9.32. The molecule has 0 aliphatic carbocycles. The summed E-state index contributed by atoms with van der Waals surface area (Å²) in [5.74, 6) is -0.0242. The number of thioether (sulfide) groups is 1. The molecule has 43 heavy (non-hydrogen) atoms. The number of aromatic amines is 1. The van der Waals surface area contributed by atoms with Gasteiger partial charge in [-0.05, 0) is 53.8 Å². The number of hydrogen-bond donors (Lipinski definition) is 2. The first-order valence-corrected chi connectivity index (χ1v) is 14.1. The number of methoxy groups -OCH3 is 2. The number of carbonyl (C=O) groups excluding carboxylic acids is 1. The highest BCUT2D eigenvalue weighted by Gasteiger charge is 2.25. The summed E-state index contributed by atoms with van der Waals surface area (Å²) < 4.78 is 37.6. The van der Waals surface area contributed by atoms with Crippen LogP contribution in [-0.4, -0.2) is 51.8 Å². The standard InChI is InChI=1S/C30H27FN6O5S/c1-39-21-9-4-18(5-10-21)16-41-28-26(27(38)33-24-13-8-20(14-23(24)31)25-15-32-37-36-25)29(35-30(34-28)43-3)42-17-19-6-11-22(40-2)12-7-19/h4-15H,16-17H2,1-3H3,(H,33,38)(H,32,36,37). The predicted molar refractivity (Wildman–Crippen MR) is 158 cm³/mol. The van der Waals surface area contributed by atoms with Crippen LogP contribution in [0.1, 0.15) is 21.5 Å². The first-order valence-electron chi connectivity index (χ1n) is 12.9. The van der Waals surface area contributed by atoms with E-state index < -0.39 is 11.7 Å². The van der Waals surface area contributed by atoms with Gasteiger partial charge >= 0.3 is 0 Å². The Labute approximate surface area is 250 Å². The topological polar surface area (TPSA) is 133 Å². The minimum atomic E-state index is -0.713. The summed E-state index contributed by atoms with van der Waals surface area (Å²) >= 11 is 1.26. The van der Waals surface area contributed by atoms with Crippen LogP contribution in [0.25, 0.3) is 11.3 Å². The van der Waals surface area contributed by atoms with Crippen molar-refractivity contribution in [2.24, 2.45) is 0 Å². The SMILES string of the molecule is COc1ccc(COc2nc(SC)nc(OCc3ccc(OC)cc3)c2C(=O)Nc2ccc(-c3c[nH]nn3)cc2F)cc1. The van der Waals surface area contributed by atoms with E-state index in [1.54, 1.807) is 50.8 Å². The van der Waals surface area contributed by atoms with E-state index in [2.05, 4.69) is 30.7 Å². The number of halogens is 1. The van der Waals surface area contributed by atoms with E-state index in [4.69, 9.17) is 18.9 Å². The summed E-state index contributed by atoms with van der Waals surface area (Å²) in [6.07, 6.45) is 3.33. The van der Waals surface area contributed by atoms with Crippen LogP contribution in [0, 0.1) is 5.82 Å². The fourth-order valence-electron chi connectivity index (χ4n) is 3.95. The van der Waals surface area contributed by atoms with Crippen molar-refractivity contribution in [2.75, 3.05) is 25.8 Å². The number of amides is 1. The molecule has 2 aromatic heterocycles. The van der Waals surface area contributed by atoms with Gasteiger partial charge in [0.15, 0.2) is 10.7 Å². The zero-order valence-electron chi connectivity index (χ0n) is 23.5. The lowest BCUT2D eigenvalue weighted by Gasteiger charge is -2.16. The Morgan fingerprint density at radius 2 is 1.47 bits per heavy atom. The van der Waals surface area contributed by atoms with Crippen molar-refractivity contribution >= 4 is 23.4 Å². The van der Waals surface area contributed by atoms with Gasteiger partial charge in [-0.25, -0.2) is 4.39 Å². The Morgan fingerprint density at radius 1 is 0.884 bits per heavy atom. The molecule has 0 radical (unpaired) electrons. The summed E-state index contributed by atoms with van der Waals surface area (Å²) in [6, 6.07) is 18.8. The first-order chi connectivity index (χ1) is 21.0. The molecule has 0 aliphatic rings. The van der Waals surface area contributed by atoms with E-state index in [-0.39, 0.29) is 36.2 Å². The average molecular weight is 603 g/mol. The summed E-state index contributed by atoms with van der Waals surface area (Å²) in [6.45, 7) is 0.182. The van der Waals surface area contributed by atoms with Crippen molar-refractivity contribution in [3.8, 4) is 34.5 Å². The summed E-state index contributed by atoms with van der Waals surface area (Å²) in [7, 11) is 3.17. The number of ether oxygens (including phenoxy) is 4. The minimum absolute atomic E-state index is 0.0166. The van der Waals surface area contributed by atoms with Crippen molar-refractivity contribution in [3.63, 3.8) is 0 Å². The molecule has 2 N–H and O–H groups in total. The highest BCUT2D eigenvalue weighted by Crippen LogP contribution is 2.31. The second kappa shape index (κ2) is 13.7. The zero-order chi connectivity index (χ0) is 30.2. The van der Waals surface area contributed by atoms with Gasteiger partial charge in [-0.3, -0.25) is 9.89 Å². The number of nitrogens with zero attached hydrogens (tertiary/aromatic N) is 4. The smallest absolute Gasteiger partial charge is 0.266 e. The maximum absolute atomic E-state index is 15.1. The Balaban J connectivity index is 1.46. The van der Waals surface area contributed by atoms with Crippen LogP contribution >= 0.6 is 11.8 Å². The van der Waals surface area contributed by atoms with E-state index in [0.717, 1.165) is 11.1 Å². The van der Waals surface area contributed by atoms with Crippen molar-refractivity contribution in [1.29, 1.82) is 0 Å². The number of rotatable bonds is 12. The molecule has 0 atom stereocenters. The fourth-order valence-corrected chi connectivity index (χ4v) is 4.30. The van der Waals surface area contributed by atoms with Crippen LogP contribution in [0.2, 0.25) is 0 Å². The van der Waals surface area contributed by atoms with E-state index in [0.29, 0.717) is 27.9 Å². The van der Waals surface area contributed by atoms with Gasteiger partial charge in [-0.1, -0.05) is 47.3 Å². The van der Waals surface area contributed by atoms with Crippen molar-refractivity contribution < 1.29 is 28.1 Å². The van der Waals surface area contributed by atoms with E-state index >= 15 is 4.39 Å². The maximum Gasteiger partial charge on any atom is 0.266 e. The molecule has 0 bridgehead atoms. The van der Waals surface area contributed by atoms with Crippen LogP contribution < -0.4 is 24.3 Å². The normalized spacial score (nSPS) is 10.7. The number of hydrogen-bond acceptors (Lipinski definition) is 10. The van der Waals surface area contributed by atoms with Gasteiger partial charge in [0.05, 0.1) is 19.9 Å². The third-order valence-corrected chi connectivity index (χ3v) is 6.78. The molecule has 11 nitrogen and oxygen atoms in total. The Morgan fingerprint density at radius 3 is 1.93 bits per heavy atom. The Bertz CT molecular complexity index is 1610. The highest BCUT2D eigenvalue weighted by molar-refractivity contribution is 7.98. The van der Waals surface area contributed by atoms with Gasteiger partial charge in [0.25, 0.3) is 5.91 Å². The molecular formula is C30H27FN6O5S. The molecule has 0 saturated heterocycles. The van der Waals surface area contributed by atoms with Crippen molar-refractivity contribution in [1.82, 2.24) is 25.4 Å². The number of anilines is 1. The number of nitrogens with one attached hydrogen (secondary N) is 2. The fraction of sp³-hybridized carbons (Fsp3) is 0.167. The van der Waals surface area contributed by atoms with Crippen LogP contribution in [0.4, 0.5) is 10.1 Å². The number of aromatic nitrogens is 5. The molecule has 0 saturated carbocycles. The summed E-state index contributed by atoms with van der Waals surface area (Å²) in [4.78, 5) is 22.6. The molecule has 1 amide bonds. The molecule has 13 heteroatoms. The second-order valence-electron chi connectivity index (χ2n) is 8.98. The molecular weight excluding hydrogens is 575 g/mol. The third-order valence-electron chi connectivity index (χ3n) is 6.23. The lowest BCUT2D eigenvalue weighted by Crippen LogP contribution is -2.18. The van der Waals surface area contributed by atoms with Crippen molar-refractivity contribution in [2.45, 2.75) is 18.4 Å².